The van der Waals surface area contributed by atoms with Crippen LogP contribution in [0.2, 0.25) is 0 Å². The molecule has 0 aliphatic carbocycles. The molecule has 116 valence electrons. The molecule has 0 heterocycles. The van der Waals surface area contributed by atoms with E-state index in [9.17, 15) is 14.4 Å². The zero-order valence-corrected chi connectivity index (χ0v) is 13.0. The van der Waals surface area contributed by atoms with Crippen molar-refractivity contribution in [3.63, 3.8) is 0 Å². The smallest absolute Gasteiger partial charge is 0.326 e. The van der Waals surface area contributed by atoms with Crippen molar-refractivity contribution in [3.8, 4) is 0 Å². The van der Waals surface area contributed by atoms with Crippen LogP contribution in [0, 0.1) is 10.8 Å². The fourth-order valence-corrected chi connectivity index (χ4v) is 1.55. The lowest BCUT2D eigenvalue weighted by Crippen LogP contribution is -2.54. The average Bonchev–Trinajstić information content (AvgIpc) is 2.30. The number of hydrogen-bond acceptors (Lipinski definition) is 3. The van der Waals surface area contributed by atoms with Gasteiger partial charge in [-0.05, 0) is 19.3 Å². The summed E-state index contributed by atoms with van der Waals surface area (Å²) in [5.41, 5.74) is -1.38. The van der Waals surface area contributed by atoms with Gasteiger partial charge in [-0.25, -0.2) is 9.59 Å². The minimum atomic E-state index is -1.10. The van der Waals surface area contributed by atoms with E-state index >= 15 is 0 Å². The number of amides is 3. The number of carbonyl (C=O) groups is 3. The second kappa shape index (κ2) is 6.58. The average molecular weight is 287 g/mol. The van der Waals surface area contributed by atoms with Gasteiger partial charge in [-0.3, -0.25) is 4.79 Å². The van der Waals surface area contributed by atoms with Gasteiger partial charge in [0.25, 0.3) is 0 Å². The molecule has 0 aromatic rings. The monoisotopic (exact) mass is 287 g/mol. The van der Waals surface area contributed by atoms with Crippen molar-refractivity contribution in [3.05, 3.63) is 0 Å². The molecule has 0 fully saturated rings. The molecule has 1 unspecified atom stereocenters. The Kier molecular flexibility index (Phi) is 5.99. The highest BCUT2D eigenvalue weighted by Gasteiger charge is 2.33. The van der Waals surface area contributed by atoms with Gasteiger partial charge in [-0.15, -0.1) is 0 Å². The van der Waals surface area contributed by atoms with Crippen LogP contribution in [0.25, 0.3) is 0 Å². The molecule has 0 rings (SSSR count). The Hall–Kier alpha value is -1.79. The minimum Gasteiger partial charge on any atom is -0.480 e. The number of rotatable bonds is 5. The van der Waals surface area contributed by atoms with Crippen LogP contribution in [-0.4, -0.2) is 42.6 Å². The highest BCUT2D eigenvalue weighted by atomic mass is 16.4. The second-order valence-electron chi connectivity index (χ2n) is 6.43. The van der Waals surface area contributed by atoms with Crippen molar-refractivity contribution in [2.75, 3.05) is 13.6 Å². The molecule has 0 saturated heterocycles. The van der Waals surface area contributed by atoms with Crippen LogP contribution < -0.4 is 16.0 Å². The first-order valence-corrected chi connectivity index (χ1v) is 6.41. The molecular weight excluding hydrogens is 262 g/mol. The van der Waals surface area contributed by atoms with Crippen LogP contribution in [-0.2, 0) is 9.59 Å². The summed E-state index contributed by atoms with van der Waals surface area (Å²) in [5.74, 6) is -1.30. The molecule has 0 radical (unpaired) electrons. The molecule has 7 heteroatoms. The first-order valence-electron chi connectivity index (χ1n) is 6.41. The van der Waals surface area contributed by atoms with Crippen LogP contribution in [0.4, 0.5) is 4.79 Å². The summed E-state index contributed by atoms with van der Waals surface area (Å²) in [7, 11) is 1.52. The molecule has 1 atom stereocenters. The van der Waals surface area contributed by atoms with Gasteiger partial charge >= 0.3 is 12.0 Å². The standard InChI is InChI=1S/C13H25N3O4/c1-12(2,3)8(9(17)18)16-11(20)15-7-13(4,5)10(19)14-6/h8H,7H2,1-6H3,(H,14,19)(H,17,18)(H2,15,16,20). The van der Waals surface area contributed by atoms with E-state index in [4.69, 9.17) is 5.11 Å². The fraction of sp³-hybridized carbons (Fsp3) is 0.769. The molecule has 0 spiro atoms. The number of carboxylic acid groups (broad SMARTS) is 1. The Labute approximate surface area is 119 Å². The van der Waals surface area contributed by atoms with Gasteiger partial charge in [0.2, 0.25) is 5.91 Å². The summed E-state index contributed by atoms with van der Waals surface area (Å²) in [6.07, 6.45) is 0. The lowest BCUT2D eigenvalue weighted by Gasteiger charge is -2.29. The van der Waals surface area contributed by atoms with Crippen LogP contribution >= 0.6 is 0 Å². The topological polar surface area (TPSA) is 108 Å². The first kappa shape index (κ1) is 18.2. The van der Waals surface area contributed by atoms with Gasteiger partial charge in [-0.2, -0.15) is 0 Å². The number of carboxylic acids is 1. The van der Waals surface area contributed by atoms with E-state index in [1.165, 1.54) is 7.05 Å². The zero-order valence-electron chi connectivity index (χ0n) is 13.0. The number of aliphatic carboxylic acids is 1. The van der Waals surface area contributed by atoms with Gasteiger partial charge in [0.1, 0.15) is 6.04 Å². The van der Waals surface area contributed by atoms with E-state index in [1.807, 2.05) is 0 Å². The largest absolute Gasteiger partial charge is 0.480 e. The van der Waals surface area contributed by atoms with Gasteiger partial charge in [0.05, 0.1) is 5.41 Å². The number of urea groups is 1. The maximum Gasteiger partial charge on any atom is 0.326 e. The van der Waals surface area contributed by atoms with Crippen molar-refractivity contribution in [1.82, 2.24) is 16.0 Å². The lowest BCUT2D eigenvalue weighted by molar-refractivity contribution is -0.142. The number of hydrogen-bond donors (Lipinski definition) is 4. The van der Waals surface area contributed by atoms with E-state index in [0.29, 0.717) is 0 Å². The van der Waals surface area contributed by atoms with Crippen molar-refractivity contribution in [2.45, 2.75) is 40.7 Å². The Morgan fingerprint density at radius 1 is 1.10 bits per heavy atom. The third kappa shape index (κ3) is 5.46. The summed E-state index contributed by atoms with van der Waals surface area (Å²) >= 11 is 0. The zero-order chi connectivity index (χ0) is 16.1. The van der Waals surface area contributed by atoms with Crippen LogP contribution in [0.1, 0.15) is 34.6 Å². The predicted molar refractivity (Wildman–Crippen MR) is 75.3 cm³/mol. The first-order chi connectivity index (χ1) is 8.91. The van der Waals surface area contributed by atoms with Crippen LogP contribution in [0.5, 0.6) is 0 Å². The second-order valence-corrected chi connectivity index (χ2v) is 6.43. The molecule has 20 heavy (non-hydrogen) atoms. The minimum absolute atomic E-state index is 0.106. The third-order valence-electron chi connectivity index (χ3n) is 2.92. The van der Waals surface area contributed by atoms with Crippen LogP contribution in [0.3, 0.4) is 0 Å². The Morgan fingerprint density at radius 3 is 1.95 bits per heavy atom. The Morgan fingerprint density at radius 2 is 1.60 bits per heavy atom. The predicted octanol–water partition coefficient (Wildman–Crippen LogP) is 0.557. The molecular formula is C13H25N3O4. The normalized spacial score (nSPS) is 13.3. The molecule has 0 aliphatic heterocycles. The van der Waals surface area contributed by atoms with Gasteiger partial charge < -0.3 is 21.1 Å². The van der Waals surface area contributed by atoms with Gasteiger partial charge in [-0.1, -0.05) is 20.8 Å². The van der Waals surface area contributed by atoms with Crippen molar-refractivity contribution in [1.29, 1.82) is 0 Å². The summed E-state index contributed by atoms with van der Waals surface area (Å²) in [5, 5.41) is 16.5. The molecule has 4 N–H and O–H groups in total. The van der Waals surface area contributed by atoms with E-state index in [1.54, 1.807) is 34.6 Å². The molecule has 0 aromatic heterocycles. The fourth-order valence-electron chi connectivity index (χ4n) is 1.55. The third-order valence-corrected chi connectivity index (χ3v) is 2.92. The molecule has 3 amide bonds. The molecule has 0 aromatic carbocycles. The van der Waals surface area contributed by atoms with Gasteiger partial charge in [0.15, 0.2) is 0 Å². The molecule has 0 aliphatic rings. The summed E-state index contributed by atoms with van der Waals surface area (Å²) < 4.78 is 0. The van der Waals surface area contributed by atoms with Gasteiger partial charge in [0, 0.05) is 13.6 Å². The number of carbonyl (C=O) groups excluding carboxylic acids is 2. The van der Waals surface area contributed by atoms with Crippen molar-refractivity contribution in [2.24, 2.45) is 10.8 Å². The maximum atomic E-state index is 11.7. The van der Waals surface area contributed by atoms with E-state index in [0.717, 1.165) is 0 Å². The van der Waals surface area contributed by atoms with Crippen molar-refractivity contribution < 1.29 is 19.5 Å². The summed E-state index contributed by atoms with van der Waals surface area (Å²) in [6, 6.07) is -1.62. The van der Waals surface area contributed by atoms with Crippen molar-refractivity contribution >= 4 is 17.9 Å². The maximum absolute atomic E-state index is 11.7. The van der Waals surface area contributed by atoms with Crippen LogP contribution in [0.15, 0.2) is 0 Å². The van der Waals surface area contributed by atoms with E-state index < -0.39 is 28.9 Å². The molecule has 0 saturated carbocycles. The Balaban J connectivity index is 4.57. The highest BCUT2D eigenvalue weighted by molar-refractivity contribution is 5.85. The quantitative estimate of drug-likeness (QED) is 0.592. The van der Waals surface area contributed by atoms with E-state index in [-0.39, 0.29) is 12.5 Å². The lowest BCUT2D eigenvalue weighted by atomic mass is 9.87. The highest BCUT2D eigenvalue weighted by Crippen LogP contribution is 2.19. The van der Waals surface area contributed by atoms with E-state index in [2.05, 4.69) is 16.0 Å². The molecule has 7 nitrogen and oxygen atoms in total. The number of nitrogens with one attached hydrogen (secondary N) is 3. The molecule has 0 bridgehead atoms. The Bertz CT molecular complexity index is 386. The summed E-state index contributed by atoms with van der Waals surface area (Å²) in [6.45, 7) is 8.64. The SMILES string of the molecule is CNC(=O)C(C)(C)CNC(=O)NC(C(=O)O)C(C)(C)C. The summed E-state index contributed by atoms with van der Waals surface area (Å²) in [4.78, 5) is 34.4.